The number of nitrogens with zero attached hydrogens (tertiary/aromatic N) is 3. The quantitative estimate of drug-likeness (QED) is 0.806. The molecule has 5 heteroatoms. The van der Waals surface area contributed by atoms with Gasteiger partial charge >= 0.3 is 0 Å². The fraction of sp³-hybridized carbons (Fsp3) is 0.167. The van der Waals surface area contributed by atoms with E-state index in [0.29, 0.717) is 12.2 Å². The number of pyridine rings is 1. The van der Waals surface area contributed by atoms with Gasteiger partial charge in [-0.15, -0.1) is 0 Å². The molecule has 0 aliphatic carbocycles. The number of hydrogen-bond acceptors (Lipinski definition) is 3. The van der Waals surface area contributed by atoms with E-state index in [1.165, 1.54) is 0 Å². The fourth-order valence-corrected chi connectivity index (χ4v) is 2.45. The van der Waals surface area contributed by atoms with Crippen LogP contribution in [0, 0.1) is 13.8 Å². The van der Waals surface area contributed by atoms with Crippen molar-refractivity contribution in [1.29, 1.82) is 0 Å². The highest BCUT2D eigenvalue weighted by atomic mass is 16.1. The molecule has 0 unspecified atom stereocenters. The molecule has 0 bridgehead atoms. The maximum absolute atomic E-state index is 12.0. The van der Waals surface area contributed by atoms with Gasteiger partial charge in [-0.1, -0.05) is 18.2 Å². The van der Waals surface area contributed by atoms with E-state index in [1.807, 2.05) is 61.0 Å². The predicted octanol–water partition coefficient (Wildman–Crippen LogP) is 3.07. The molecule has 1 aromatic carbocycles. The number of benzene rings is 1. The highest BCUT2D eigenvalue weighted by Gasteiger charge is 2.07. The molecule has 0 fully saturated rings. The van der Waals surface area contributed by atoms with Crippen molar-refractivity contribution in [3.8, 4) is 5.69 Å². The summed E-state index contributed by atoms with van der Waals surface area (Å²) in [5.74, 6) is 0.485. The lowest BCUT2D eigenvalue weighted by Gasteiger charge is -2.07. The van der Waals surface area contributed by atoms with Crippen molar-refractivity contribution in [3.63, 3.8) is 0 Å². The van der Waals surface area contributed by atoms with Gasteiger partial charge in [0.2, 0.25) is 5.91 Å². The van der Waals surface area contributed by atoms with Crippen LogP contribution in [0.4, 0.5) is 5.82 Å². The minimum Gasteiger partial charge on any atom is -0.310 e. The number of hydrogen-bond donors (Lipinski definition) is 1. The number of anilines is 1. The molecule has 1 N–H and O–H groups in total. The van der Waals surface area contributed by atoms with Gasteiger partial charge in [0.25, 0.3) is 0 Å². The number of carbonyl (C=O) groups is 1. The van der Waals surface area contributed by atoms with E-state index in [0.717, 1.165) is 22.6 Å². The van der Waals surface area contributed by atoms with Crippen LogP contribution in [0.3, 0.4) is 0 Å². The first-order valence-corrected chi connectivity index (χ1v) is 7.45. The highest BCUT2D eigenvalue weighted by molar-refractivity contribution is 5.91. The molecule has 116 valence electrons. The Morgan fingerprint density at radius 2 is 1.91 bits per heavy atom. The predicted molar refractivity (Wildman–Crippen MR) is 89.6 cm³/mol. The third-order valence-corrected chi connectivity index (χ3v) is 3.49. The van der Waals surface area contributed by atoms with Gasteiger partial charge in [-0.2, -0.15) is 5.10 Å². The lowest BCUT2D eigenvalue weighted by Crippen LogP contribution is -2.15. The molecule has 0 radical (unpaired) electrons. The summed E-state index contributed by atoms with van der Waals surface area (Å²) in [6, 6.07) is 15.3. The van der Waals surface area contributed by atoms with E-state index in [4.69, 9.17) is 0 Å². The van der Waals surface area contributed by atoms with Crippen LogP contribution in [0.5, 0.6) is 0 Å². The molecule has 0 aliphatic rings. The summed E-state index contributed by atoms with van der Waals surface area (Å²) >= 11 is 0. The van der Waals surface area contributed by atoms with Crippen LogP contribution in [0.15, 0.2) is 54.7 Å². The lowest BCUT2D eigenvalue weighted by molar-refractivity contribution is -0.115. The molecule has 0 aliphatic heterocycles. The second kappa shape index (κ2) is 6.44. The van der Waals surface area contributed by atoms with Crippen LogP contribution in [0.2, 0.25) is 0 Å². The first-order chi connectivity index (χ1) is 11.1. The summed E-state index contributed by atoms with van der Waals surface area (Å²) in [5.41, 5.74) is 4.01. The van der Waals surface area contributed by atoms with Crippen molar-refractivity contribution in [3.05, 3.63) is 71.7 Å². The van der Waals surface area contributed by atoms with Crippen LogP contribution >= 0.6 is 0 Å². The van der Waals surface area contributed by atoms with Gasteiger partial charge in [0.15, 0.2) is 0 Å². The summed E-state index contributed by atoms with van der Waals surface area (Å²) in [6.45, 7) is 3.99. The van der Waals surface area contributed by atoms with E-state index in [-0.39, 0.29) is 5.91 Å². The Hall–Kier alpha value is -2.95. The number of carbonyl (C=O) groups excluding carboxylic acids is 1. The van der Waals surface area contributed by atoms with E-state index >= 15 is 0 Å². The molecule has 1 amide bonds. The third kappa shape index (κ3) is 3.63. The fourth-order valence-electron chi connectivity index (χ4n) is 2.45. The Labute approximate surface area is 135 Å². The zero-order chi connectivity index (χ0) is 16.2. The molecule has 23 heavy (non-hydrogen) atoms. The molecule has 2 aromatic heterocycles. The first kappa shape index (κ1) is 15.0. The molecular formula is C18H18N4O. The molecule has 5 nitrogen and oxygen atoms in total. The van der Waals surface area contributed by atoms with Crippen molar-refractivity contribution < 1.29 is 4.79 Å². The largest absolute Gasteiger partial charge is 0.310 e. The van der Waals surface area contributed by atoms with Crippen molar-refractivity contribution in [2.45, 2.75) is 20.3 Å². The Morgan fingerprint density at radius 3 is 2.52 bits per heavy atom. The molecule has 0 atom stereocenters. The minimum absolute atomic E-state index is 0.0810. The van der Waals surface area contributed by atoms with E-state index in [1.54, 1.807) is 12.3 Å². The number of nitrogens with one attached hydrogen (secondary N) is 1. The second-order valence-electron chi connectivity index (χ2n) is 5.45. The van der Waals surface area contributed by atoms with Gasteiger partial charge in [0, 0.05) is 11.9 Å². The Balaban J connectivity index is 1.68. The molecule has 3 rings (SSSR count). The van der Waals surface area contributed by atoms with Gasteiger partial charge in [-0.25, -0.2) is 9.67 Å². The van der Waals surface area contributed by atoms with Crippen molar-refractivity contribution in [2.75, 3.05) is 5.32 Å². The summed E-state index contributed by atoms with van der Waals surface area (Å²) in [6.07, 6.45) is 1.97. The van der Waals surface area contributed by atoms with Crippen LogP contribution in [-0.2, 0) is 11.2 Å². The summed E-state index contributed by atoms with van der Waals surface area (Å²) in [5, 5.41) is 7.24. The van der Waals surface area contributed by atoms with Gasteiger partial charge in [0.1, 0.15) is 5.82 Å². The standard InChI is InChI=1S/C18H18N4O/c1-13-11-14(2)22(21-13)16-8-6-15(7-9-16)12-18(23)20-17-5-3-4-10-19-17/h3-11H,12H2,1-2H3,(H,19,20,23). The average Bonchev–Trinajstić information content (AvgIpc) is 2.87. The number of amides is 1. The van der Waals surface area contributed by atoms with Crippen LogP contribution in [0.1, 0.15) is 17.0 Å². The minimum atomic E-state index is -0.0810. The third-order valence-electron chi connectivity index (χ3n) is 3.49. The lowest BCUT2D eigenvalue weighted by atomic mass is 10.1. The summed E-state index contributed by atoms with van der Waals surface area (Å²) < 4.78 is 1.90. The van der Waals surface area contributed by atoms with E-state index in [2.05, 4.69) is 15.4 Å². The molecule has 3 aromatic rings. The molecule has 0 spiro atoms. The summed E-state index contributed by atoms with van der Waals surface area (Å²) in [4.78, 5) is 16.1. The molecule has 2 heterocycles. The van der Waals surface area contributed by atoms with Crippen molar-refractivity contribution in [2.24, 2.45) is 0 Å². The number of aromatic nitrogens is 3. The van der Waals surface area contributed by atoms with Crippen LogP contribution in [-0.4, -0.2) is 20.7 Å². The Morgan fingerprint density at radius 1 is 1.13 bits per heavy atom. The topological polar surface area (TPSA) is 59.8 Å². The smallest absolute Gasteiger partial charge is 0.229 e. The monoisotopic (exact) mass is 306 g/mol. The highest BCUT2D eigenvalue weighted by Crippen LogP contribution is 2.13. The summed E-state index contributed by atoms with van der Waals surface area (Å²) in [7, 11) is 0. The second-order valence-corrected chi connectivity index (χ2v) is 5.45. The molecular weight excluding hydrogens is 288 g/mol. The molecule has 0 saturated carbocycles. The first-order valence-electron chi connectivity index (χ1n) is 7.45. The van der Waals surface area contributed by atoms with E-state index in [9.17, 15) is 4.79 Å². The maximum Gasteiger partial charge on any atom is 0.229 e. The van der Waals surface area contributed by atoms with Gasteiger partial charge in [-0.3, -0.25) is 4.79 Å². The SMILES string of the molecule is Cc1cc(C)n(-c2ccc(CC(=O)Nc3ccccn3)cc2)n1. The van der Waals surface area contributed by atoms with Crippen molar-refractivity contribution >= 4 is 11.7 Å². The maximum atomic E-state index is 12.0. The number of rotatable bonds is 4. The van der Waals surface area contributed by atoms with E-state index < -0.39 is 0 Å². The van der Waals surface area contributed by atoms with Crippen LogP contribution < -0.4 is 5.32 Å². The Kier molecular flexibility index (Phi) is 4.19. The number of aryl methyl sites for hydroxylation is 2. The Bertz CT molecular complexity index is 807. The van der Waals surface area contributed by atoms with Gasteiger partial charge in [-0.05, 0) is 49.7 Å². The zero-order valence-electron chi connectivity index (χ0n) is 13.2. The zero-order valence-corrected chi connectivity index (χ0v) is 13.2. The van der Waals surface area contributed by atoms with Crippen LogP contribution in [0.25, 0.3) is 5.69 Å². The average molecular weight is 306 g/mol. The van der Waals surface area contributed by atoms with Gasteiger partial charge in [0.05, 0.1) is 17.8 Å². The molecule has 0 saturated heterocycles. The van der Waals surface area contributed by atoms with Crippen molar-refractivity contribution in [1.82, 2.24) is 14.8 Å². The normalized spacial score (nSPS) is 10.5. The van der Waals surface area contributed by atoms with Gasteiger partial charge < -0.3 is 5.32 Å².